The maximum atomic E-state index is 12.3. The number of carbonyl (C=O) groups excluding carboxylic acids is 1. The molecule has 0 aliphatic carbocycles. The van der Waals surface area contributed by atoms with Crippen molar-refractivity contribution in [2.24, 2.45) is 7.05 Å². The first-order chi connectivity index (χ1) is 12.6. The SMILES string of the molecule is CN(C(=O)OC(C)(C)C)[C@H]1CCN(c2ccc(C(=O)O)c3nn(C)cc23)C1. The number of hydrogen-bond donors (Lipinski definition) is 1. The number of carboxylic acid groups (broad SMARTS) is 1. The van der Waals surface area contributed by atoms with E-state index in [-0.39, 0.29) is 17.7 Å². The van der Waals surface area contributed by atoms with E-state index in [1.807, 2.05) is 33.0 Å². The molecule has 1 atom stereocenters. The van der Waals surface area contributed by atoms with Crippen molar-refractivity contribution in [1.29, 1.82) is 0 Å². The number of nitrogens with zero attached hydrogens (tertiary/aromatic N) is 4. The number of aryl methyl sites for hydroxylation is 1. The Morgan fingerprint density at radius 2 is 2.04 bits per heavy atom. The number of benzene rings is 1. The van der Waals surface area contributed by atoms with Crippen molar-refractivity contribution in [3.63, 3.8) is 0 Å². The van der Waals surface area contributed by atoms with Gasteiger partial charge in [-0.3, -0.25) is 4.68 Å². The molecule has 8 heteroatoms. The van der Waals surface area contributed by atoms with E-state index >= 15 is 0 Å². The molecule has 27 heavy (non-hydrogen) atoms. The van der Waals surface area contributed by atoms with Crippen LogP contribution in [0.3, 0.4) is 0 Å². The molecule has 2 heterocycles. The number of aromatic nitrogens is 2. The van der Waals surface area contributed by atoms with Crippen LogP contribution in [0.2, 0.25) is 0 Å². The molecular weight excluding hydrogens is 348 g/mol. The highest BCUT2D eigenvalue weighted by Crippen LogP contribution is 2.32. The number of carbonyl (C=O) groups is 2. The van der Waals surface area contributed by atoms with Crippen LogP contribution in [0.5, 0.6) is 0 Å². The van der Waals surface area contributed by atoms with E-state index < -0.39 is 11.6 Å². The molecule has 1 aromatic heterocycles. The number of fused-ring (bicyclic) bond motifs is 1. The molecule has 1 N–H and O–H groups in total. The molecule has 0 saturated carbocycles. The Labute approximate surface area is 158 Å². The van der Waals surface area contributed by atoms with E-state index in [2.05, 4.69) is 10.00 Å². The number of carboxylic acids is 1. The second-order valence-corrected chi connectivity index (χ2v) is 7.98. The molecule has 146 valence electrons. The first-order valence-electron chi connectivity index (χ1n) is 8.97. The summed E-state index contributed by atoms with van der Waals surface area (Å²) in [5.41, 5.74) is 1.07. The van der Waals surface area contributed by atoms with Crippen LogP contribution >= 0.6 is 0 Å². The minimum Gasteiger partial charge on any atom is -0.478 e. The number of ether oxygens (including phenoxy) is 1. The van der Waals surface area contributed by atoms with Crippen LogP contribution in [0.15, 0.2) is 18.3 Å². The highest BCUT2D eigenvalue weighted by atomic mass is 16.6. The van der Waals surface area contributed by atoms with Crippen molar-refractivity contribution < 1.29 is 19.4 Å². The lowest BCUT2D eigenvalue weighted by molar-refractivity contribution is 0.0237. The lowest BCUT2D eigenvalue weighted by Gasteiger charge is -2.29. The van der Waals surface area contributed by atoms with Crippen molar-refractivity contribution >= 4 is 28.7 Å². The molecule has 0 radical (unpaired) electrons. The average molecular weight is 374 g/mol. The van der Waals surface area contributed by atoms with Gasteiger partial charge in [-0.05, 0) is 39.3 Å². The maximum absolute atomic E-state index is 12.3. The van der Waals surface area contributed by atoms with E-state index in [0.29, 0.717) is 12.1 Å². The molecule has 0 spiro atoms. The average Bonchev–Trinajstić information content (AvgIpc) is 3.17. The lowest BCUT2D eigenvalue weighted by Crippen LogP contribution is -2.42. The van der Waals surface area contributed by atoms with Crippen molar-refractivity contribution in [2.45, 2.75) is 38.8 Å². The monoisotopic (exact) mass is 374 g/mol. The molecule has 1 aromatic carbocycles. The van der Waals surface area contributed by atoms with E-state index in [1.165, 1.54) is 0 Å². The van der Waals surface area contributed by atoms with Crippen molar-refractivity contribution in [3.05, 3.63) is 23.9 Å². The topological polar surface area (TPSA) is 87.9 Å². The minimum atomic E-state index is -0.991. The number of rotatable bonds is 3. The van der Waals surface area contributed by atoms with Crippen LogP contribution in [0.25, 0.3) is 10.9 Å². The minimum absolute atomic E-state index is 0.0331. The predicted molar refractivity (Wildman–Crippen MR) is 102 cm³/mol. The zero-order valence-electron chi connectivity index (χ0n) is 16.4. The fourth-order valence-corrected chi connectivity index (χ4v) is 3.41. The molecule has 1 saturated heterocycles. The fraction of sp³-hybridized carbons (Fsp3) is 0.526. The quantitative estimate of drug-likeness (QED) is 0.889. The molecule has 8 nitrogen and oxygen atoms in total. The van der Waals surface area contributed by atoms with Gasteiger partial charge in [-0.1, -0.05) is 0 Å². The van der Waals surface area contributed by atoms with Gasteiger partial charge in [-0.2, -0.15) is 5.10 Å². The van der Waals surface area contributed by atoms with E-state index in [0.717, 1.165) is 24.0 Å². The van der Waals surface area contributed by atoms with Gasteiger partial charge < -0.3 is 19.6 Å². The van der Waals surface area contributed by atoms with Gasteiger partial charge >= 0.3 is 12.1 Å². The first kappa shape index (κ1) is 19.0. The maximum Gasteiger partial charge on any atom is 0.410 e. The summed E-state index contributed by atoms with van der Waals surface area (Å²) in [5.74, 6) is -0.991. The number of likely N-dealkylation sites (N-methyl/N-ethyl adjacent to an activating group) is 1. The highest BCUT2D eigenvalue weighted by Gasteiger charge is 2.32. The zero-order valence-corrected chi connectivity index (χ0v) is 16.4. The third-order valence-electron chi connectivity index (χ3n) is 4.73. The van der Waals surface area contributed by atoms with Crippen LogP contribution in [-0.2, 0) is 11.8 Å². The predicted octanol–water partition coefficient (Wildman–Crippen LogP) is 2.72. The van der Waals surface area contributed by atoms with Gasteiger partial charge in [0.05, 0.1) is 11.6 Å². The lowest BCUT2D eigenvalue weighted by atomic mass is 10.1. The van der Waals surface area contributed by atoms with Gasteiger partial charge in [0, 0.05) is 44.5 Å². The smallest absolute Gasteiger partial charge is 0.410 e. The Morgan fingerprint density at radius 3 is 2.67 bits per heavy atom. The summed E-state index contributed by atoms with van der Waals surface area (Å²) in [6.45, 7) is 6.98. The first-order valence-corrected chi connectivity index (χ1v) is 8.97. The molecule has 0 unspecified atom stereocenters. The summed E-state index contributed by atoms with van der Waals surface area (Å²) in [4.78, 5) is 27.6. The summed E-state index contributed by atoms with van der Waals surface area (Å²) < 4.78 is 7.08. The van der Waals surface area contributed by atoms with Gasteiger partial charge in [0.2, 0.25) is 0 Å². The number of hydrogen-bond acceptors (Lipinski definition) is 5. The van der Waals surface area contributed by atoms with Crippen LogP contribution < -0.4 is 4.90 Å². The number of aromatic carboxylic acids is 1. The molecule has 1 fully saturated rings. The van der Waals surface area contributed by atoms with Crippen LogP contribution in [0.1, 0.15) is 37.6 Å². The van der Waals surface area contributed by atoms with Gasteiger partial charge in [-0.15, -0.1) is 0 Å². The van der Waals surface area contributed by atoms with Crippen molar-refractivity contribution in [1.82, 2.24) is 14.7 Å². The van der Waals surface area contributed by atoms with Crippen LogP contribution in [0.4, 0.5) is 10.5 Å². The summed E-state index contributed by atoms with van der Waals surface area (Å²) >= 11 is 0. The Morgan fingerprint density at radius 1 is 1.33 bits per heavy atom. The van der Waals surface area contributed by atoms with Crippen LogP contribution in [-0.4, -0.2) is 63.6 Å². The van der Waals surface area contributed by atoms with Crippen LogP contribution in [0, 0.1) is 0 Å². The van der Waals surface area contributed by atoms with Gasteiger partial charge in [0.1, 0.15) is 11.1 Å². The number of amides is 1. The summed E-state index contributed by atoms with van der Waals surface area (Å²) in [6, 6.07) is 3.45. The largest absolute Gasteiger partial charge is 0.478 e. The highest BCUT2D eigenvalue weighted by molar-refractivity contribution is 6.06. The zero-order chi connectivity index (χ0) is 19.9. The molecule has 2 aromatic rings. The van der Waals surface area contributed by atoms with E-state index in [9.17, 15) is 14.7 Å². The Kier molecular flexibility index (Phi) is 4.75. The van der Waals surface area contributed by atoms with Gasteiger partial charge in [-0.25, -0.2) is 9.59 Å². The third kappa shape index (κ3) is 3.84. The van der Waals surface area contributed by atoms with Gasteiger partial charge in [0.15, 0.2) is 0 Å². The molecular formula is C19H26N4O4. The summed E-state index contributed by atoms with van der Waals surface area (Å²) in [5, 5.41) is 14.5. The van der Waals surface area contributed by atoms with Crippen molar-refractivity contribution in [3.8, 4) is 0 Å². The van der Waals surface area contributed by atoms with E-state index in [4.69, 9.17) is 4.74 Å². The Hall–Kier alpha value is -2.77. The van der Waals surface area contributed by atoms with Crippen molar-refractivity contribution in [2.75, 3.05) is 25.0 Å². The Bertz CT molecular complexity index is 884. The molecule has 1 aliphatic heterocycles. The molecule has 3 rings (SSSR count). The molecule has 1 aliphatic rings. The third-order valence-corrected chi connectivity index (χ3v) is 4.73. The summed E-state index contributed by atoms with van der Waals surface area (Å²) in [6.07, 6.45) is 2.32. The summed E-state index contributed by atoms with van der Waals surface area (Å²) in [7, 11) is 3.54. The fourth-order valence-electron chi connectivity index (χ4n) is 3.41. The second-order valence-electron chi connectivity index (χ2n) is 7.98. The van der Waals surface area contributed by atoms with Gasteiger partial charge in [0.25, 0.3) is 0 Å². The van der Waals surface area contributed by atoms with E-state index in [1.54, 1.807) is 29.7 Å². The molecule has 0 bridgehead atoms. The number of anilines is 1. The Balaban J connectivity index is 1.82. The molecule has 1 amide bonds. The second kappa shape index (κ2) is 6.75. The standard InChI is InChI=1S/C19H26N4O4/c1-19(2,3)27-18(26)22(5)12-8-9-23(10-12)15-7-6-13(17(24)25)16-14(15)11-21(4)20-16/h6-7,11-12H,8-10H2,1-5H3,(H,24,25)/t12-/m0/s1. The normalized spacial score (nSPS) is 17.4.